The van der Waals surface area contributed by atoms with Gasteiger partial charge >= 0.3 is 0 Å². The highest BCUT2D eigenvalue weighted by atomic mass is 16.1. The van der Waals surface area contributed by atoms with E-state index in [4.69, 9.17) is 0 Å². The summed E-state index contributed by atoms with van der Waals surface area (Å²) in [6.45, 7) is 4.15. The van der Waals surface area contributed by atoms with Gasteiger partial charge in [-0.05, 0) is 25.2 Å². The maximum absolute atomic E-state index is 11.4. The number of carbonyl (C=O) groups is 1. The third-order valence-electron chi connectivity index (χ3n) is 3.47. The molecule has 0 aromatic rings. The van der Waals surface area contributed by atoms with Crippen LogP contribution in [0.3, 0.4) is 0 Å². The molecule has 0 heterocycles. The molecular weight excluding hydrogens is 136 g/mol. The van der Waals surface area contributed by atoms with Gasteiger partial charge in [0.15, 0.2) is 0 Å². The van der Waals surface area contributed by atoms with Gasteiger partial charge in [-0.15, -0.1) is 0 Å². The van der Waals surface area contributed by atoms with E-state index in [0.717, 1.165) is 12.8 Å². The lowest BCUT2D eigenvalue weighted by atomic mass is 10.0. The van der Waals surface area contributed by atoms with Crippen LogP contribution in [0, 0.1) is 17.3 Å². The zero-order valence-corrected chi connectivity index (χ0v) is 7.13. The Labute approximate surface area is 67.5 Å². The van der Waals surface area contributed by atoms with Gasteiger partial charge in [-0.3, -0.25) is 4.79 Å². The normalized spacial score (nSPS) is 48.4. The van der Waals surface area contributed by atoms with E-state index in [9.17, 15) is 4.79 Å². The molecule has 1 heteroatoms. The lowest BCUT2D eigenvalue weighted by molar-refractivity contribution is -0.122. The Morgan fingerprint density at radius 3 is 2.82 bits per heavy atom. The highest BCUT2D eigenvalue weighted by molar-refractivity contribution is 5.91. The summed E-state index contributed by atoms with van der Waals surface area (Å²) in [6.07, 6.45) is 6.23. The van der Waals surface area contributed by atoms with Crippen molar-refractivity contribution < 1.29 is 4.79 Å². The SMILES string of the molecule is C/C=C/[C@@H]1[C@H]2CCC(=O)[C@@]12C. The van der Waals surface area contributed by atoms with Crippen LogP contribution in [0.2, 0.25) is 0 Å². The first-order valence-electron chi connectivity index (χ1n) is 4.37. The number of Topliss-reactive ketones (excluding diaryl/α,β-unsaturated/α-hetero) is 1. The van der Waals surface area contributed by atoms with Crippen LogP contribution in [0.5, 0.6) is 0 Å². The molecule has 0 spiro atoms. The molecule has 0 amide bonds. The van der Waals surface area contributed by atoms with Gasteiger partial charge in [0.1, 0.15) is 5.78 Å². The van der Waals surface area contributed by atoms with Crippen LogP contribution in [0.4, 0.5) is 0 Å². The molecule has 0 aromatic heterocycles. The summed E-state index contributed by atoms with van der Waals surface area (Å²) >= 11 is 0. The lowest BCUT2D eigenvalue weighted by Gasteiger charge is -2.02. The van der Waals surface area contributed by atoms with Gasteiger partial charge < -0.3 is 0 Å². The average Bonchev–Trinajstić information content (AvgIpc) is 2.42. The second-order valence-corrected chi connectivity index (χ2v) is 3.90. The van der Waals surface area contributed by atoms with E-state index in [1.807, 2.05) is 6.92 Å². The van der Waals surface area contributed by atoms with E-state index in [1.54, 1.807) is 0 Å². The summed E-state index contributed by atoms with van der Waals surface area (Å²) in [6, 6.07) is 0. The Morgan fingerprint density at radius 2 is 2.36 bits per heavy atom. The van der Waals surface area contributed by atoms with Crippen LogP contribution >= 0.6 is 0 Å². The van der Waals surface area contributed by atoms with Crippen molar-refractivity contribution in [3.63, 3.8) is 0 Å². The summed E-state index contributed by atoms with van der Waals surface area (Å²) in [5.41, 5.74) is 0.0620. The zero-order valence-electron chi connectivity index (χ0n) is 7.13. The third kappa shape index (κ3) is 0.688. The van der Waals surface area contributed by atoms with Crippen molar-refractivity contribution in [2.75, 3.05) is 0 Å². The number of ketones is 1. The molecule has 0 aromatic carbocycles. The molecule has 0 unspecified atom stereocenters. The minimum absolute atomic E-state index is 0.0620. The van der Waals surface area contributed by atoms with Crippen LogP contribution in [0.1, 0.15) is 26.7 Å². The fourth-order valence-electron chi connectivity index (χ4n) is 2.61. The molecule has 0 radical (unpaired) electrons. The molecule has 1 nitrogen and oxygen atoms in total. The van der Waals surface area contributed by atoms with Crippen molar-refractivity contribution in [1.29, 1.82) is 0 Å². The van der Waals surface area contributed by atoms with Crippen molar-refractivity contribution in [3.8, 4) is 0 Å². The molecule has 2 aliphatic carbocycles. The maximum Gasteiger partial charge on any atom is 0.139 e. The summed E-state index contributed by atoms with van der Waals surface area (Å²) in [5.74, 6) is 1.76. The van der Waals surface area contributed by atoms with E-state index in [-0.39, 0.29) is 5.41 Å². The summed E-state index contributed by atoms with van der Waals surface area (Å²) in [4.78, 5) is 11.4. The highest BCUT2D eigenvalue weighted by Gasteiger charge is 2.66. The van der Waals surface area contributed by atoms with Crippen molar-refractivity contribution in [1.82, 2.24) is 0 Å². The number of fused-ring (bicyclic) bond motifs is 1. The molecule has 0 saturated heterocycles. The van der Waals surface area contributed by atoms with Crippen molar-refractivity contribution in [2.24, 2.45) is 17.3 Å². The molecule has 2 saturated carbocycles. The summed E-state index contributed by atoms with van der Waals surface area (Å²) in [7, 11) is 0. The van der Waals surface area contributed by atoms with E-state index in [2.05, 4.69) is 19.1 Å². The first-order chi connectivity index (χ1) is 5.21. The van der Waals surface area contributed by atoms with Gasteiger partial charge in [0.25, 0.3) is 0 Å². The van der Waals surface area contributed by atoms with Gasteiger partial charge in [0, 0.05) is 11.8 Å². The molecule has 2 fully saturated rings. The number of carbonyl (C=O) groups excluding carboxylic acids is 1. The van der Waals surface area contributed by atoms with Crippen LogP contribution in [-0.2, 0) is 4.79 Å². The predicted molar refractivity (Wildman–Crippen MR) is 44.1 cm³/mol. The number of allylic oxidation sites excluding steroid dienone is 2. The molecule has 3 atom stereocenters. The Kier molecular flexibility index (Phi) is 1.26. The molecule has 11 heavy (non-hydrogen) atoms. The van der Waals surface area contributed by atoms with Crippen molar-refractivity contribution in [2.45, 2.75) is 26.7 Å². The third-order valence-corrected chi connectivity index (χ3v) is 3.47. The first-order valence-corrected chi connectivity index (χ1v) is 4.37. The van der Waals surface area contributed by atoms with Crippen molar-refractivity contribution >= 4 is 5.78 Å². The second-order valence-electron chi connectivity index (χ2n) is 3.90. The van der Waals surface area contributed by atoms with Gasteiger partial charge in [-0.25, -0.2) is 0 Å². The molecular formula is C10H14O. The average molecular weight is 150 g/mol. The van der Waals surface area contributed by atoms with Crippen molar-refractivity contribution in [3.05, 3.63) is 12.2 Å². The topological polar surface area (TPSA) is 17.1 Å². The Hall–Kier alpha value is -0.590. The molecule has 2 aliphatic rings. The fraction of sp³-hybridized carbons (Fsp3) is 0.700. The molecule has 0 bridgehead atoms. The second kappa shape index (κ2) is 1.96. The van der Waals surface area contributed by atoms with E-state index in [0.29, 0.717) is 17.6 Å². The first kappa shape index (κ1) is 7.08. The smallest absolute Gasteiger partial charge is 0.139 e. The summed E-state index contributed by atoms with van der Waals surface area (Å²) < 4.78 is 0. The highest BCUT2D eigenvalue weighted by Crippen LogP contribution is 2.66. The minimum Gasteiger partial charge on any atom is -0.299 e. The minimum atomic E-state index is 0.0620. The van der Waals surface area contributed by atoms with Crippen LogP contribution in [0.25, 0.3) is 0 Å². The van der Waals surface area contributed by atoms with E-state index in [1.165, 1.54) is 0 Å². The van der Waals surface area contributed by atoms with Gasteiger partial charge in [0.2, 0.25) is 0 Å². The molecule has 60 valence electrons. The monoisotopic (exact) mass is 150 g/mol. The number of hydrogen-bond acceptors (Lipinski definition) is 1. The van der Waals surface area contributed by atoms with Gasteiger partial charge in [0.05, 0.1) is 0 Å². The van der Waals surface area contributed by atoms with E-state index < -0.39 is 0 Å². The van der Waals surface area contributed by atoms with E-state index >= 15 is 0 Å². The largest absolute Gasteiger partial charge is 0.299 e. The lowest BCUT2D eigenvalue weighted by Crippen LogP contribution is -2.09. The fourth-order valence-corrected chi connectivity index (χ4v) is 2.61. The van der Waals surface area contributed by atoms with Crippen LogP contribution < -0.4 is 0 Å². The molecule has 0 N–H and O–H groups in total. The number of rotatable bonds is 1. The molecule has 2 rings (SSSR count). The summed E-state index contributed by atoms with van der Waals surface area (Å²) in [5, 5.41) is 0. The van der Waals surface area contributed by atoms with Gasteiger partial charge in [-0.2, -0.15) is 0 Å². The zero-order chi connectivity index (χ0) is 8.06. The quantitative estimate of drug-likeness (QED) is 0.523. The molecule has 0 aliphatic heterocycles. The predicted octanol–water partition coefficient (Wildman–Crippen LogP) is 2.18. The van der Waals surface area contributed by atoms with Gasteiger partial charge in [-0.1, -0.05) is 19.1 Å². The maximum atomic E-state index is 11.4. The van der Waals surface area contributed by atoms with Crippen LogP contribution in [-0.4, -0.2) is 5.78 Å². The Bertz CT molecular complexity index is 229. The van der Waals surface area contributed by atoms with Crippen LogP contribution in [0.15, 0.2) is 12.2 Å². The Morgan fingerprint density at radius 1 is 1.64 bits per heavy atom. The Balaban J connectivity index is 2.19. The number of hydrogen-bond donors (Lipinski definition) is 0. The standard InChI is InChI=1S/C10H14O/c1-3-4-7-8-5-6-9(11)10(7,8)2/h3-4,7-8H,5-6H2,1-2H3/b4-3+/t7-,8-,10+/m1/s1.